The summed E-state index contributed by atoms with van der Waals surface area (Å²) < 4.78 is 0. The minimum absolute atomic E-state index is 0.272. The molecule has 0 radical (unpaired) electrons. The van der Waals surface area contributed by atoms with Gasteiger partial charge in [0, 0.05) is 24.7 Å². The number of aromatic amines is 1. The molecule has 2 rings (SSSR count). The van der Waals surface area contributed by atoms with E-state index < -0.39 is 0 Å². The number of nitrogens with two attached hydrogens (primary N) is 1. The maximum absolute atomic E-state index is 5.42. The van der Waals surface area contributed by atoms with Crippen molar-refractivity contribution in [3.63, 3.8) is 0 Å². The van der Waals surface area contributed by atoms with Crippen molar-refractivity contribution in [2.75, 3.05) is 17.6 Å². The Balaban J connectivity index is 1.88. The molecular weight excluding hydrogens is 230 g/mol. The molecule has 0 aliphatic carbocycles. The maximum atomic E-state index is 5.42. The van der Waals surface area contributed by atoms with E-state index >= 15 is 0 Å². The van der Waals surface area contributed by atoms with E-state index in [0.29, 0.717) is 18.9 Å². The minimum Gasteiger partial charge on any atom is -0.370 e. The lowest BCUT2D eigenvalue weighted by Gasteiger charge is -2.07. The highest BCUT2D eigenvalue weighted by Gasteiger charge is 2.03. The summed E-state index contributed by atoms with van der Waals surface area (Å²) in [7, 11) is 0. The van der Waals surface area contributed by atoms with Gasteiger partial charge in [-0.1, -0.05) is 13.8 Å². The summed E-state index contributed by atoms with van der Waals surface area (Å²) in [4.78, 5) is 12.4. The van der Waals surface area contributed by atoms with Crippen LogP contribution in [0.5, 0.6) is 0 Å². The third-order valence-electron chi connectivity index (χ3n) is 2.50. The number of hydrogen-bond acceptors (Lipinski definition) is 6. The first-order valence-electron chi connectivity index (χ1n) is 5.87. The van der Waals surface area contributed by atoms with Gasteiger partial charge in [-0.2, -0.15) is 4.98 Å². The standard InChI is InChI=1S/C11H17N7/c1-7(2)8-5-10(15-6-14-8)13-4-3-9-16-11(12)18-17-9/h5-7H,3-4H2,1-2H3,(H,13,14,15)(H3,12,16,17,18). The SMILES string of the molecule is CC(C)c1cc(NCCc2nc(N)n[nH]2)ncn1. The molecule has 0 unspecified atom stereocenters. The van der Waals surface area contributed by atoms with Crippen LogP contribution < -0.4 is 11.1 Å². The van der Waals surface area contributed by atoms with Crippen LogP contribution in [0.1, 0.15) is 31.3 Å². The Hall–Kier alpha value is -2.18. The number of rotatable bonds is 5. The third kappa shape index (κ3) is 3.16. The monoisotopic (exact) mass is 247 g/mol. The van der Waals surface area contributed by atoms with Gasteiger partial charge in [0.05, 0.1) is 0 Å². The molecule has 0 aliphatic heterocycles. The molecule has 4 N–H and O–H groups in total. The molecule has 0 fully saturated rings. The van der Waals surface area contributed by atoms with E-state index in [4.69, 9.17) is 5.73 Å². The van der Waals surface area contributed by atoms with Gasteiger partial charge in [-0.05, 0) is 5.92 Å². The van der Waals surface area contributed by atoms with Crippen LogP contribution in [0.2, 0.25) is 0 Å². The van der Waals surface area contributed by atoms with Crippen LogP contribution in [-0.2, 0) is 6.42 Å². The van der Waals surface area contributed by atoms with Crippen LogP contribution in [0.25, 0.3) is 0 Å². The largest absolute Gasteiger partial charge is 0.370 e. The van der Waals surface area contributed by atoms with Crippen molar-refractivity contribution in [1.82, 2.24) is 25.1 Å². The first-order chi connectivity index (χ1) is 8.65. The fourth-order valence-electron chi connectivity index (χ4n) is 1.52. The van der Waals surface area contributed by atoms with Gasteiger partial charge in [0.25, 0.3) is 0 Å². The lowest BCUT2D eigenvalue weighted by molar-refractivity contribution is 0.812. The molecule has 0 saturated heterocycles. The van der Waals surface area contributed by atoms with Crippen molar-refractivity contribution in [3.8, 4) is 0 Å². The fourth-order valence-corrected chi connectivity index (χ4v) is 1.52. The summed E-state index contributed by atoms with van der Waals surface area (Å²) >= 11 is 0. The van der Waals surface area contributed by atoms with Gasteiger partial charge in [0.15, 0.2) is 0 Å². The molecule has 0 spiro atoms. The van der Waals surface area contributed by atoms with Gasteiger partial charge in [-0.3, -0.25) is 5.10 Å². The van der Waals surface area contributed by atoms with Gasteiger partial charge in [0.1, 0.15) is 18.0 Å². The minimum atomic E-state index is 0.272. The van der Waals surface area contributed by atoms with Crippen molar-refractivity contribution in [1.29, 1.82) is 0 Å². The zero-order valence-corrected chi connectivity index (χ0v) is 10.5. The summed E-state index contributed by atoms with van der Waals surface area (Å²) in [6, 6.07) is 1.96. The Morgan fingerprint density at radius 2 is 2.22 bits per heavy atom. The molecule has 0 saturated carbocycles. The molecule has 0 aromatic carbocycles. The van der Waals surface area contributed by atoms with E-state index in [0.717, 1.165) is 17.3 Å². The first-order valence-corrected chi connectivity index (χ1v) is 5.87. The highest BCUT2D eigenvalue weighted by atomic mass is 15.3. The number of nitrogens with zero attached hydrogens (tertiary/aromatic N) is 4. The quantitative estimate of drug-likeness (QED) is 0.726. The number of nitrogens with one attached hydrogen (secondary N) is 2. The predicted molar refractivity (Wildman–Crippen MR) is 69.1 cm³/mol. The predicted octanol–water partition coefficient (Wildman–Crippen LogP) is 0.955. The van der Waals surface area contributed by atoms with Crippen LogP contribution in [-0.4, -0.2) is 31.7 Å². The molecule has 0 bridgehead atoms. The van der Waals surface area contributed by atoms with Crippen LogP contribution >= 0.6 is 0 Å². The normalized spacial score (nSPS) is 10.8. The fraction of sp³-hybridized carbons (Fsp3) is 0.455. The zero-order chi connectivity index (χ0) is 13.0. The van der Waals surface area contributed by atoms with Crippen molar-refractivity contribution < 1.29 is 0 Å². The smallest absolute Gasteiger partial charge is 0.239 e. The van der Waals surface area contributed by atoms with E-state index in [9.17, 15) is 0 Å². The Morgan fingerprint density at radius 1 is 1.39 bits per heavy atom. The average Bonchev–Trinajstić information content (AvgIpc) is 2.75. The van der Waals surface area contributed by atoms with Crippen LogP contribution in [0, 0.1) is 0 Å². The molecule has 0 amide bonds. The summed E-state index contributed by atoms with van der Waals surface area (Å²) in [5.41, 5.74) is 6.44. The van der Waals surface area contributed by atoms with Crippen molar-refractivity contribution >= 4 is 11.8 Å². The Bertz CT molecular complexity index is 506. The van der Waals surface area contributed by atoms with E-state index in [1.54, 1.807) is 6.33 Å². The van der Waals surface area contributed by atoms with E-state index in [2.05, 4.69) is 44.3 Å². The van der Waals surface area contributed by atoms with E-state index in [1.807, 2.05) is 6.07 Å². The van der Waals surface area contributed by atoms with Gasteiger partial charge >= 0.3 is 0 Å². The van der Waals surface area contributed by atoms with Crippen LogP contribution in [0.4, 0.5) is 11.8 Å². The van der Waals surface area contributed by atoms with Crippen molar-refractivity contribution in [2.45, 2.75) is 26.2 Å². The second kappa shape index (κ2) is 5.44. The van der Waals surface area contributed by atoms with Crippen molar-refractivity contribution in [3.05, 3.63) is 23.9 Å². The molecule has 0 atom stereocenters. The average molecular weight is 247 g/mol. The van der Waals surface area contributed by atoms with Gasteiger partial charge in [0.2, 0.25) is 5.95 Å². The number of hydrogen-bond donors (Lipinski definition) is 3. The number of nitrogen functional groups attached to an aromatic ring is 1. The summed E-state index contributed by atoms with van der Waals surface area (Å²) in [5.74, 6) is 2.25. The third-order valence-corrected chi connectivity index (χ3v) is 2.50. The topological polar surface area (TPSA) is 105 Å². The van der Waals surface area contributed by atoms with Gasteiger partial charge < -0.3 is 11.1 Å². The van der Waals surface area contributed by atoms with Gasteiger partial charge in [-0.15, -0.1) is 5.10 Å². The summed E-state index contributed by atoms with van der Waals surface area (Å²) in [6.07, 6.45) is 2.29. The number of aromatic nitrogens is 5. The second-order valence-electron chi connectivity index (χ2n) is 4.30. The maximum Gasteiger partial charge on any atom is 0.239 e. The Kier molecular flexibility index (Phi) is 3.71. The molecular formula is C11H17N7. The van der Waals surface area contributed by atoms with Crippen LogP contribution in [0.3, 0.4) is 0 Å². The lowest BCUT2D eigenvalue weighted by atomic mass is 10.1. The zero-order valence-electron chi connectivity index (χ0n) is 10.5. The lowest BCUT2D eigenvalue weighted by Crippen LogP contribution is -2.08. The van der Waals surface area contributed by atoms with E-state index in [-0.39, 0.29) is 5.95 Å². The highest BCUT2D eigenvalue weighted by molar-refractivity contribution is 5.35. The summed E-state index contributed by atoms with van der Waals surface area (Å²) in [6.45, 7) is 4.91. The molecule has 18 heavy (non-hydrogen) atoms. The van der Waals surface area contributed by atoms with Gasteiger partial charge in [-0.25, -0.2) is 9.97 Å². The molecule has 7 heteroatoms. The first kappa shape index (κ1) is 12.3. The van der Waals surface area contributed by atoms with Crippen molar-refractivity contribution in [2.24, 2.45) is 0 Å². The molecule has 96 valence electrons. The molecule has 2 aromatic rings. The highest BCUT2D eigenvalue weighted by Crippen LogP contribution is 2.13. The Morgan fingerprint density at radius 3 is 2.89 bits per heavy atom. The number of H-pyrrole nitrogens is 1. The molecule has 0 aliphatic rings. The molecule has 2 heterocycles. The number of anilines is 2. The second-order valence-corrected chi connectivity index (χ2v) is 4.30. The molecule has 2 aromatic heterocycles. The van der Waals surface area contributed by atoms with Crippen LogP contribution in [0.15, 0.2) is 12.4 Å². The summed E-state index contributed by atoms with van der Waals surface area (Å²) in [5, 5.41) is 9.75. The van der Waals surface area contributed by atoms with E-state index in [1.165, 1.54) is 0 Å². The molecule has 7 nitrogen and oxygen atoms in total. The Labute approximate surface area is 105 Å².